The normalized spacial score (nSPS) is 11.1. The molecule has 140 valence electrons. The van der Waals surface area contributed by atoms with Crippen LogP contribution in [0.4, 0.5) is 0 Å². The molecule has 0 radical (unpaired) electrons. The average molecular weight is 372 g/mol. The predicted octanol–water partition coefficient (Wildman–Crippen LogP) is 4.87. The Labute approximate surface area is 164 Å². The molecular formula is C23H20N2O3. The second-order valence-electron chi connectivity index (χ2n) is 6.25. The van der Waals surface area contributed by atoms with E-state index in [2.05, 4.69) is 13.8 Å². The Morgan fingerprint density at radius 2 is 1.71 bits per heavy atom. The Balaban J connectivity index is 2.23. The van der Waals surface area contributed by atoms with Crippen LogP contribution in [0.3, 0.4) is 0 Å². The van der Waals surface area contributed by atoms with Crippen molar-refractivity contribution in [2.75, 3.05) is 7.11 Å². The standard InChI is InChI=1S/C23H20N2O3/c1-16(2)19-9-6-18(7-10-19)13-20(15-25)23(26)28-21-11-8-17(5-4-12-24)14-22(21)27-3/h4-11,13-14,16H,1-3H3/b5-4-,20-13+. The lowest BCUT2D eigenvalue weighted by molar-refractivity contribution is -0.129. The van der Waals surface area contributed by atoms with Crippen LogP contribution >= 0.6 is 0 Å². The van der Waals surface area contributed by atoms with Crippen LogP contribution in [0.2, 0.25) is 0 Å². The van der Waals surface area contributed by atoms with E-state index in [9.17, 15) is 10.1 Å². The van der Waals surface area contributed by atoms with Crippen LogP contribution in [-0.4, -0.2) is 13.1 Å². The van der Waals surface area contributed by atoms with E-state index in [1.807, 2.05) is 36.4 Å². The molecule has 2 aromatic carbocycles. The number of allylic oxidation sites excluding steroid dienone is 1. The van der Waals surface area contributed by atoms with Crippen LogP contribution < -0.4 is 9.47 Å². The van der Waals surface area contributed by atoms with E-state index in [1.54, 1.807) is 24.3 Å². The molecule has 0 fully saturated rings. The molecule has 0 saturated heterocycles. The van der Waals surface area contributed by atoms with Crippen molar-refractivity contribution in [1.29, 1.82) is 10.5 Å². The highest BCUT2D eigenvalue weighted by molar-refractivity contribution is 5.99. The fourth-order valence-corrected chi connectivity index (χ4v) is 2.44. The quantitative estimate of drug-likeness (QED) is 0.313. The molecule has 0 amide bonds. The number of hydrogen-bond acceptors (Lipinski definition) is 5. The number of nitrogens with zero attached hydrogens (tertiary/aromatic N) is 2. The second kappa shape index (κ2) is 9.75. The Kier molecular flexibility index (Phi) is 7.13. The van der Waals surface area contributed by atoms with Gasteiger partial charge in [-0.1, -0.05) is 44.2 Å². The predicted molar refractivity (Wildman–Crippen MR) is 107 cm³/mol. The summed E-state index contributed by atoms with van der Waals surface area (Å²) >= 11 is 0. The first-order valence-electron chi connectivity index (χ1n) is 8.66. The van der Waals surface area contributed by atoms with Crippen LogP contribution in [0.15, 0.2) is 54.1 Å². The number of rotatable bonds is 6. The molecule has 0 aliphatic rings. The maximum atomic E-state index is 12.4. The van der Waals surface area contributed by atoms with Crippen molar-refractivity contribution in [3.05, 3.63) is 70.8 Å². The third-order valence-corrected chi connectivity index (χ3v) is 4.00. The molecule has 2 aromatic rings. The summed E-state index contributed by atoms with van der Waals surface area (Å²) in [6.45, 7) is 4.19. The lowest BCUT2D eigenvalue weighted by Crippen LogP contribution is -2.11. The van der Waals surface area contributed by atoms with E-state index < -0.39 is 5.97 Å². The molecule has 0 unspecified atom stereocenters. The molecule has 2 rings (SSSR count). The molecule has 28 heavy (non-hydrogen) atoms. The zero-order valence-electron chi connectivity index (χ0n) is 16.0. The van der Waals surface area contributed by atoms with E-state index >= 15 is 0 Å². The number of methoxy groups -OCH3 is 1. The van der Waals surface area contributed by atoms with Gasteiger partial charge in [-0.25, -0.2) is 4.79 Å². The first-order chi connectivity index (χ1) is 13.5. The number of hydrogen-bond donors (Lipinski definition) is 0. The van der Waals surface area contributed by atoms with Crippen molar-refractivity contribution in [3.63, 3.8) is 0 Å². The lowest BCUT2D eigenvalue weighted by Gasteiger charge is -2.10. The Morgan fingerprint density at radius 1 is 1.04 bits per heavy atom. The number of nitriles is 2. The largest absolute Gasteiger partial charge is 0.493 e. The fourth-order valence-electron chi connectivity index (χ4n) is 2.44. The van der Waals surface area contributed by atoms with Gasteiger partial charge in [0.1, 0.15) is 11.6 Å². The smallest absolute Gasteiger partial charge is 0.354 e. The van der Waals surface area contributed by atoms with Gasteiger partial charge >= 0.3 is 5.97 Å². The monoisotopic (exact) mass is 372 g/mol. The molecule has 0 aliphatic heterocycles. The maximum Gasteiger partial charge on any atom is 0.354 e. The van der Waals surface area contributed by atoms with Crippen molar-refractivity contribution < 1.29 is 14.3 Å². The fraction of sp³-hybridized carbons (Fsp3) is 0.174. The number of ether oxygens (including phenoxy) is 2. The van der Waals surface area contributed by atoms with E-state index in [0.29, 0.717) is 11.7 Å². The van der Waals surface area contributed by atoms with E-state index in [0.717, 1.165) is 11.1 Å². The zero-order valence-corrected chi connectivity index (χ0v) is 16.0. The zero-order chi connectivity index (χ0) is 20.5. The third kappa shape index (κ3) is 5.33. The van der Waals surface area contributed by atoms with Gasteiger partial charge in [-0.3, -0.25) is 0 Å². The molecule has 0 aliphatic carbocycles. The molecule has 0 bridgehead atoms. The second-order valence-corrected chi connectivity index (χ2v) is 6.25. The van der Waals surface area contributed by atoms with Crippen molar-refractivity contribution >= 4 is 18.1 Å². The summed E-state index contributed by atoms with van der Waals surface area (Å²) in [5, 5.41) is 18.0. The molecule has 0 heterocycles. The van der Waals surface area contributed by atoms with E-state index in [1.165, 1.54) is 24.8 Å². The number of esters is 1. The van der Waals surface area contributed by atoms with Gasteiger partial charge in [0, 0.05) is 6.08 Å². The van der Waals surface area contributed by atoms with Crippen molar-refractivity contribution in [3.8, 4) is 23.6 Å². The highest BCUT2D eigenvalue weighted by atomic mass is 16.6. The number of benzene rings is 2. The topological polar surface area (TPSA) is 83.1 Å². The van der Waals surface area contributed by atoms with Crippen molar-refractivity contribution in [2.24, 2.45) is 0 Å². The Hall–Kier alpha value is -3.83. The van der Waals surface area contributed by atoms with Crippen LogP contribution in [0, 0.1) is 22.7 Å². The molecule has 0 saturated carbocycles. The minimum absolute atomic E-state index is 0.118. The van der Waals surface area contributed by atoms with E-state index in [4.69, 9.17) is 14.7 Å². The van der Waals surface area contributed by atoms with Gasteiger partial charge in [0.05, 0.1) is 13.2 Å². The summed E-state index contributed by atoms with van der Waals surface area (Å²) in [5.41, 5.74) is 2.52. The summed E-state index contributed by atoms with van der Waals surface area (Å²) < 4.78 is 10.6. The summed E-state index contributed by atoms with van der Waals surface area (Å²) in [4.78, 5) is 12.4. The Bertz CT molecular complexity index is 988. The summed E-state index contributed by atoms with van der Waals surface area (Å²) in [6.07, 6.45) is 4.43. The minimum Gasteiger partial charge on any atom is -0.493 e. The first kappa shape index (κ1) is 20.5. The number of carbonyl (C=O) groups is 1. The molecule has 5 heteroatoms. The molecule has 0 N–H and O–H groups in total. The van der Waals surface area contributed by atoms with Gasteiger partial charge in [-0.2, -0.15) is 10.5 Å². The van der Waals surface area contributed by atoms with Crippen molar-refractivity contribution in [2.45, 2.75) is 19.8 Å². The highest BCUT2D eigenvalue weighted by Gasteiger charge is 2.15. The average Bonchev–Trinajstić information content (AvgIpc) is 2.71. The minimum atomic E-state index is -0.769. The lowest BCUT2D eigenvalue weighted by atomic mass is 10.0. The van der Waals surface area contributed by atoms with Gasteiger partial charge < -0.3 is 9.47 Å². The summed E-state index contributed by atoms with van der Waals surface area (Å²) in [7, 11) is 1.45. The van der Waals surface area contributed by atoms with Crippen LogP contribution in [0.1, 0.15) is 36.5 Å². The Morgan fingerprint density at radius 3 is 2.29 bits per heavy atom. The highest BCUT2D eigenvalue weighted by Crippen LogP contribution is 2.29. The molecule has 0 spiro atoms. The van der Waals surface area contributed by atoms with Gasteiger partial charge in [0.25, 0.3) is 0 Å². The molecule has 0 aromatic heterocycles. The summed E-state index contributed by atoms with van der Waals surface area (Å²) in [5.74, 6) is 0.149. The van der Waals surface area contributed by atoms with Crippen LogP contribution in [-0.2, 0) is 4.79 Å². The van der Waals surface area contributed by atoms with Gasteiger partial charge in [0.2, 0.25) is 0 Å². The first-order valence-corrected chi connectivity index (χ1v) is 8.66. The third-order valence-electron chi connectivity index (χ3n) is 4.00. The van der Waals surface area contributed by atoms with Crippen molar-refractivity contribution in [1.82, 2.24) is 0 Å². The SMILES string of the molecule is COc1cc(/C=C\C#N)ccc1OC(=O)/C(C#N)=C/c1ccc(C(C)C)cc1. The molecular weight excluding hydrogens is 352 g/mol. The van der Waals surface area contributed by atoms with Crippen LogP contribution in [0.25, 0.3) is 12.2 Å². The maximum absolute atomic E-state index is 12.4. The van der Waals surface area contributed by atoms with Gasteiger partial charge in [-0.15, -0.1) is 0 Å². The van der Waals surface area contributed by atoms with Crippen LogP contribution in [0.5, 0.6) is 11.5 Å². The van der Waals surface area contributed by atoms with Gasteiger partial charge in [-0.05, 0) is 46.9 Å². The van der Waals surface area contributed by atoms with E-state index in [-0.39, 0.29) is 11.3 Å². The molecule has 5 nitrogen and oxygen atoms in total. The number of carbonyl (C=O) groups excluding carboxylic acids is 1. The molecule has 0 atom stereocenters. The summed E-state index contributed by atoms with van der Waals surface area (Å²) in [6, 6.07) is 16.3. The van der Waals surface area contributed by atoms with Gasteiger partial charge in [0.15, 0.2) is 11.5 Å².